The van der Waals surface area contributed by atoms with E-state index in [0.717, 1.165) is 44.7 Å². The predicted molar refractivity (Wildman–Crippen MR) is 231 cm³/mol. The van der Waals surface area contributed by atoms with Crippen molar-refractivity contribution in [2.45, 2.75) is 58.9 Å². The van der Waals surface area contributed by atoms with Crippen LogP contribution >= 0.6 is 0 Å². The van der Waals surface area contributed by atoms with E-state index >= 15 is 0 Å². The van der Waals surface area contributed by atoms with Crippen LogP contribution in [0.4, 0.5) is 17.1 Å². The molecule has 1 aliphatic rings. The first kappa shape index (κ1) is 38.2. The number of ether oxygens (including phenoxy) is 1. The summed E-state index contributed by atoms with van der Waals surface area (Å²) >= 11 is 0. The van der Waals surface area contributed by atoms with Crippen LogP contribution in [-0.2, 0) is 38.4 Å². The van der Waals surface area contributed by atoms with Crippen LogP contribution in [0.5, 0.6) is 11.5 Å². The number of aromatic nitrogens is 2. The van der Waals surface area contributed by atoms with Crippen LogP contribution in [0.2, 0.25) is 0 Å². The quantitative estimate of drug-likeness (QED) is 0.149. The number of hydrogen-bond donors (Lipinski definition) is 0. The van der Waals surface area contributed by atoms with Gasteiger partial charge in [-0.1, -0.05) is 126 Å². The molecule has 0 saturated heterocycles. The zero-order chi connectivity index (χ0) is 38.6. The third kappa shape index (κ3) is 7.38. The van der Waals surface area contributed by atoms with Gasteiger partial charge < -0.3 is 19.1 Å². The van der Waals surface area contributed by atoms with Crippen molar-refractivity contribution in [2.75, 3.05) is 9.80 Å². The van der Waals surface area contributed by atoms with E-state index in [1.165, 1.54) is 27.8 Å². The largest absolute Gasteiger partial charge is 0.509 e. The van der Waals surface area contributed by atoms with Crippen molar-refractivity contribution < 1.29 is 25.8 Å². The van der Waals surface area contributed by atoms with Crippen molar-refractivity contribution in [3.8, 4) is 28.4 Å². The second-order valence-electron chi connectivity index (χ2n) is 16.7. The van der Waals surface area contributed by atoms with Crippen molar-refractivity contribution in [2.24, 2.45) is 0 Å². The molecular weight excluding hydrogens is 880 g/mol. The van der Waals surface area contributed by atoms with E-state index in [-0.39, 0.29) is 31.9 Å². The third-order valence-corrected chi connectivity index (χ3v) is 10.7. The Kier molecular flexibility index (Phi) is 10.1. The van der Waals surface area contributed by atoms with E-state index in [2.05, 4.69) is 196 Å². The number of anilines is 3. The van der Waals surface area contributed by atoms with Crippen molar-refractivity contribution in [1.82, 2.24) is 9.55 Å². The smallest absolute Gasteiger partial charge is 0.135 e. The monoisotopic (exact) mass is 924 g/mol. The van der Waals surface area contributed by atoms with Gasteiger partial charge in [0.15, 0.2) is 0 Å². The first-order valence-electron chi connectivity index (χ1n) is 19.3. The van der Waals surface area contributed by atoms with Crippen molar-refractivity contribution in [1.29, 1.82) is 0 Å². The minimum Gasteiger partial charge on any atom is -0.509 e. The maximum Gasteiger partial charge on any atom is 0.135 e. The minimum absolute atomic E-state index is 0. The molecule has 0 aliphatic carbocycles. The van der Waals surface area contributed by atoms with Gasteiger partial charge in [-0.15, -0.1) is 41.4 Å². The molecule has 0 bridgehead atoms. The number of hydrogen-bond acceptors (Lipinski definition) is 4. The second kappa shape index (κ2) is 15.0. The molecule has 0 atom stereocenters. The molecule has 8 aromatic rings. The fourth-order valence-electron chi connectivity index (χ4n) is 7.70. The molecule has 2 aromatic heterocycles. The molecule has 6 aromatic carbocycles. The van der Waals surface area contributed by atoms with E-state index < -0.39 is 0 Å². The van der Waals surface area contributed by atoms with E-state index in [0.29, 0.717) is 18.0 Å². The molecule has 0 saturated carbocycles. The third-order valence-electron chi connectivity index (χ3n) is 10.7. The van der Waals surface area contributed by atoms with Gasteiger partial charge in [-0.2, -0.15) is 18.8 Å². The average Bonchev–Trinajstić information content (AvgIpc) is 3.73. The van der Waals surface area contributed by atoms with Gasteiger partial charge in [0.25, 0.3) is 0 Å². The number of para-hydroxylation sites is 3. The van der Waals surface area contributed by atoms with Gasteiger partial charge in [0, 0.05) is 62.2 Å². The molecule has 3 heterocycles. The maximum atomic E-state index is 6.57. The Hall–Kier alpha value is -5.64. The molecule has 0 fully saturated rings. The summed E-state index contributed by atoms with van der Waals surface area (Å²) in [7, 11) is 0. The first-order chi connectivity index (χ1) is 27.0. The van der Waals surface area contributed by atoms with Gasteiger partial charge >= 0.3 is 0 Å². The van der Waals surface area contributed by atoms with Crippen LogP contribution in [0.3, 0.4) is 0 Å². The SMILES string of the molecule is CC(C)(C)c1ccnc(-n2c3[c-]c(Oc4[c-]c(N5[CH-]N(Cc6cc(C(C)(C)C)ccc6-c6ccccc6)c6ccccc65)ccc4)ccc3c3ccccc32)c1.[Pt]. The van der Waals surface area contributed by atoms with Gasteiger partial charge in [0.2, 0.25) is 0 Å². The van der Waals surface area contributed by atoms with Crippen molar-refractivity contribution in [3.63, 3.8) is 0 Å². The van der Waals surface area contributed by atoms with Crippen LogP contribution in [0, 0.1) is 18.8 Å². The number of benzene rings is 6. The van der Waals surface area contributed by atoms with Gasteiger partial charge in [0.05, 0.1) is 0 Å². The molecule has 0 unspecified atom stereocenters. The van der Waals surface area contributed by atoms with Crippen LogP contribution in [0.25, 0.3) is 38.8 Å². The average molecular weight is 925 g/mol. The molecule has 0 spiro atoms. The number of pyridine rings is 1. The molecule has 5 nitrogen and oxygen atoms in total. The van der Waals surface area contributed by atoms with E-state index in [4.69, 9.17) is 9.72 Å². The Balaban J connectivity index is 0.00000455. The Morgan fingerprint density at radius 1 is 0.632 bits per heavy atom. The Morgan fingerprint density at radius 2 is 1.33 bits per heavy atom. The van der Waals surface area contributed by atoms with Gasteiger partial charge in [-0.25, -0.2) is 4.98 Å². The topological polar surface area (TPSA) is 33.5 Å². The number of nitrogens with zero attached hydrogens (tertiary/aromatic N) is 4. The molecule has 0 radical (unpaired) electrons. The van der Waals surface area contributed by atoms with Gasteiger partial charge in [-0.3, -0.25) is 0 Å². The molecule has 1 aliphatic heterocycles. The molecule has 57 heavy (non-hydrogen) atoms. The molecular formula is C51H45N4OPt-3. The van der Waals surface area contributed by atoms with Crippen LogP contribution in [-0.4, -0.2) is 9.55 Å². The van der Waals surface area contributed by atoms with E-state index in [1.807, 2.05) is 24.4 Å². The zero-order valence-electron chi connectivity index (χ0n) is 33.2. The molecule has 288 valence electrons. The van der Waals surface area contributed by atoms with Crippen LogP contribution < -0.4 is 14.5 Å². The fourth-order valence-corrected chi connectivity index (χ4v) is 7.70. The molecule has 0 amide bonds. The summed E-state index contributed by atoms with van der Waals surface area (Å²) in [5.74, 6) is 2.09. The van der Waals surface area contributed by atoms with Crippen LogP contribution in [0.1, 0.15) is 58.2 Å². The summed E-state index contributed by atoms with van der Waals surface area (Å²) < 4.78 is 8.77. The van der Waals surface area contributed by atoms with Crippen LogP contribution in [0.15, 0.2) is 146 Å². The summed E-state index contributed by atoms with van der Waals surface area (Å²) in [6, 6.07) is 56.3. The number of fused-ring (bicyclic) bond motifs is 4. The van der Waals surface area contributed by atoms with Crippen molar-refractivity contribution in [3.05, 3.63) is 181 Å². The minimum atomic E-state index is -0.0119. The zero-order valence-corrected chi connectivity index (χ0v) is 35.4. The van der Waals surface area contributed by atoms with E-state index in [1.54, 1.807) is 0 Å². The second-order valence-corrected chi connectivity index (χ2v) is 16.7. The van der Waals surface area contributed by atoms with Gasteiger partial charge in [-0.05, 0) is 74.4 Å². The Labute approximate surface area is 350 Å². The Bertz CT molecular complexity index is 2720. The Morgan fingerprint density at radius 3 is 2.12 bits per heavy atom. The van der Waals surface area contributed by atoms with Crippen molar-refractivity contribution >= 4 is 38.9 Å². The van der Waals surface area contributed by atoms with E-state index in [9.17, 15) is 0 Å². The molecule has 9 rings (SSSR count). The summed E-state index contributed by atoms with van der Waals surface area (Å²) in [6.07, 6.45) is 1.90. The summed E-state index contributed by atoms with van der Waals surface area (Å²) in [5, 5.41) is 2.25. The normalized spacial score (nSPS) is 12.9. The molecule has 6 heteroatoms. The standard InChI is InChI=1S/C51H45N4O.Pt/c1-50(2,3)37-23-25-42(35-15-8-7-9-16-35)36(29-37)33-53-34-54(47-22-13-12-21-46(47)53)39-17-14-18-40(31-39)56-41-24-26-44-43-19-10-11-20-45(43)55(48(44)32-41)49-30-38(27-28-52-49)51(4,5)6;/h7-30,34H,33H2,1-6H3;/q-3;. The predicted octanol–water partition coefficient (Wildman–Crippen LogP) is 13.1. The number of rotatable bonds is 7. The first-order valence-corrected chi connectivity index (χ1v) is 19.3. The summed E-state index contributed by atoms with van der Waals surface area (Å²) in [5.41, 5.74) is 11.4. The van der Waals surface area contributed by atoms with Gasteiger partial charge in [0.1, 0.15) is 5.82 Å². The fraction of sp³-hybridized carbons (Fsp3) is 0.176. The summed E-state index contributed by atoms with van der Waals surface area (Å²) in [4.78, 5) is 9.38. The summed E-state index contributed by atoms with van der Waals surface area (Å²) in [6.45, 7) is 16.4. The maximum absolute atomic E-state index is 6.57. The molecule has 0 N–H and O–H groups in total.